The number of nitrogens with zero attached hydrogens (tertiary/aromatic N) is 4. The van der Waals surface area contributed by atoms with Gasteiger partial charge in [-0.2, -0.15) is 10.2 Å². The van der Waals surface area contributed by atoms with Gasteiger partial charge in [0.1, 0.15) is 5.82 Å². The summed E-state index contributed by atoms with van der Waals surface area (Å²) in [6.45, 7) is 0.786. The molecule has 1 atom stereocenters. The van der Waals surface area contributed by atoms with Gasteiger partial charge in [-0.3, -0.25) is 0 Å². The predicted molar refractivity (Wildman–Crippen MR) is 66.7 cm³/mol. The van der Waals surface area contributed by atoms with Gasteiger partial charge in [-0.05, 0) is 24.1 Å². The van der Waals surface area contributed by atoms with Gasteiger partial charge in [0.05, 0.1) is 11.6 Å². The summed E-state index contributed by atoms with van der Waals surface area (Å²) in [7, 11) is 0. The molecule has 0 amide bonds. The summed E-state index contributed by atoms with van der Waals surface area (Å²) in [5, 5.41) is 13.1. The topological polar surface area (TPSA) is 80.5 Å². The molecule has 1 aromatic heterocycles. The molecule has 18 heavy (non-hydrogen) atoms. The fraction of sp³-hybridized carbons (Fsp3) is 0.308. The molecule has 0 aliphatic carbocycles. The van der Waals surface area contributed by atoms with Gasteiger partial charge in [-0.25, -0.2) is 4.68 Å². The summed E-state index contributed by atoms with van der Waals surface area (Å²) < 4.78 is 1.88. The van der Waals surface area contributed by atoms with Crippen LogP contribution < -0.4 is 5.73 Å². The standard InChI is InChI=1S/C13H13N5/c14-7-9-2-1-3-10(6-9)11-4-5-12-16-13(15)17-18(12)8-11/h1-3,6,11H,4-5,8H2,(H2,15,17). The number of benzene rings is 1. The van der Waals surface area contributed by atoms with Gasteiger partial charge in [0.25, 0.3) is 0 Å². The van der Waals surface area contributed by atoms with E-state index in [-0.39, 0.29) is 0 Å². The minimum atomic E-state index is 0.344. The van der Waals surface area contributed by atoms with Crippen LogP contribution in [0.3, 0.4) is 0 Å². The highest BCUT2D eigenvalue weighted by molar-refractivity contribution is 5.34. The van der Waals surface area contributed by atoms with Gasteiger partial charge in [0, 0.05) is 18.9 Å². The van der Waals surface area contributed by atoms with Gasteiger partial charge in [0.2, 0.25) is 5.95 Å². The SMILES string of the molecule is N#Cc1cccc(C2CCc3nc(N)nn3C2)c1. The average Bonchev–Trinajstić information content (AvgIpc) is 2.77. The predicted octanol–water partition coefficient (Wildman–Crippen LogP) is 1.46. The van der Waals surface area contributed by atoms with Crippen molar-refractivity contribution in [3.8, 4) is 6.07 Å². The maximum Gasteiger partial charge on any atom is 0.239 e. The zero-order valence-corrected chi connectivity index (χ0v) is 9.87. The van der Waals surface area contributed by atoms with E-state index in [1.807, 2.05) is 22.9 Å². The van der Waals surface area contributed by atoms with E-state index in [9.17, 15) is 0 Å². The maximum absolute atomic E-state index is 8.93. The molecule has 0 fully saturated rings. The number of nitriles is 1. The van der Waals surface area contributed by atoms with Crippen LogP contribution >= 0.6 is 0 Å². The summed E-state index contributed by atoms with van der Waals surface area (Å²) in [4.78, 5) is 4.19. The van der Waals surface area contributed by atoms with Crippen molar-refractivity contribution in [3.63, 3.8) is 0 Å². The van der Waals surface area contributed by atoms with E-state index < -0.39 is 0 Å². The van der Waals surface area contributed by atoms with Crippen molar-refractivity contribution >= 4 is 5.95 Å². The van der Waals surface area contributed by atoms with Crippen LogP contribution in [0.4, 0.5) is 5.95 Å². The maximum atomic E-state index is 8.93. The van der Waals surface area contributed by atoms with E-state index in [0.717, 1.165) is 25.2 Å². The Morgan fingerprint density at radius 2 is 2.33 bits per heavy atom. The first-order valence-corrected chi connectivity index (χ1v) is 5.95. The molecule has 2 aromatic rings. The lowest BCUT2D eigenvalue weighted by atomic mass is 9.91. The molecular formula is C13H13N5. The molecule has 0 saturated heterocycles. The van der Waals surface area contributed by atoms with Gasteiger partial charge in [0.15, 0.2) is 0 Å². The highest BCUT2D eigenvalue weighted by Gasteiger charge is 2.22. The number of aryl methyl sites for hydroxylation is 1. The minimum Gasteiger partial charge on any atom is -0.366 e. The summed E-state index contributed by atoms with van der Waals surface area (Å²) in [6.07, 6.45) is 1.90. The zero-order chi connectivity index (χ0) is 12.5. The van der Waals surface area contributed by atoms with Crippen LogP contribution in [0, 0.1) is 11.3 Å². The average molecular weight is 239 g/mol. The summed E-state index contributed by atoms with van der Waals surface area (Å²) in [5.74, 6) is 1.68. The van der Waals surface area contributed by atoms with E-state index in [1.54, 1.807) is 0 Å². The summed E-state index contributed by atoms with van der Waals surface area (Å²) in [5.41, 5.74) is 7.50. The van der Waals surface area contributed by atoms with Crippen LogP contribution in [0.2, 0.25) is 0 Å². The molecule has 0 bridgehead atoms. The smallest absolute Gasteiger partial charge is 0.239 e. The third-order valence-corrected chi connectivity index (χ3v) is 3.36. The van der Waals surface area contributed by atoms with Crippen molar-refractivity contribution in [2.24, 2.45) is 0 Å². The van der Waals surface area contributed by atoms with E-state index in [4.69, 9.17) is 11.0 Å². The molecule has 1 aliphatic rings. The van der Waals surface area contributed by atoms with Crippen molar-refractivity contribution in [1.29, 1.82) is 5.26 Å². The number of anilines is 1. The second kappa shape index (κ2) is 4.15. The van der Waals surface area contributed by atoms with Crippen LogP contribution in [0.15, 0.2) is 24.3 Å². The van der Waals surface area contributed by atoms with Gasteiger partial charge in [-0.15, -0.1) is 5.10 Å². The lowest BCUT2D eigenvalue weighted by Gasteiger charge is -2.22. The molecule has 1 aliphatic heterocycles. The summed E-state index contributed by atoms with van der Waals surface area (Å²) >= 11 is 0. The molecular weight excluding hydrogens is 226 g/mol. The minimum absolute atomic E-state index is 0.344. The normalized spacial score (nSPS) is 18.1. The highest BCUT2D eigenvalue weighted by atomic mass is 15.4. The molecule has 1 aromatic carbocycles. The lowest BCUT2D eigenvalue weighted by Crippen LogP contribution is -2.20. The molecule has 0 spiro atoms. The number of rotatable bonds is 1. The van der Waals surface area contributed by atoms with Crippen molar-refractivity contribution in [1.82, 2.24) is 14.8 Å². The number of aromatic nitrogens is 3. The van der Waals surface area contributed by atoms with Crippen LogP contribution in [0.1, 0.15) is 29.3 Å². The van der Waals surface area contributed by atoms with Crippen molar-refractivity contribution in [3.05, 3.63) is 41.2 Å². The largest absolute Gasteiger partial charge is 0.366 e. The lowest BCUT2D eigenvalue weighted by molar-refractivity contribution is 0.423. The second-order valence-corrected chi connectivity index (χ2v) is 4.54. The van der Waals surface area contributed by atoms with E-state index in [1.165, 1.54) is 5.56 Å². The summed E-state index contributed by atoms with van der Waals surface area (Å²) in [6, 6.07) is 9.95. The molecule has 0 radical (unpaired) electrons. The Bertz CT molecular complexity index is 623. The third-order valence-electron chi connectivity index (χ3n) is 3.36. The molecule has 0 saturated carbocycles. The molecule has 5 nitrogen and oxygen atoms in total. The van der Waals surface area contributed by atoms with Crippen LogP contribution in [-0.4, -0.2) is 14.8 Å². The van der Waals surface area contributed by atoms with Crippen molar-refractivity contribution < 1.29 is 0 Å². The van der Waals surface area contributed by atoms with Crippen LogP contribution in [0.5, 0.6) is 0 Å². The fourth-order valence-corrected chi connectivity index (χ4v) is 2.46. The Labute approximate surface area is 105 Å². The Morgan fingerprint density at radius 1 is 1.44 bits per heavy atom. The van der Waals surface area contributed by atoms with Crippen LogP contribution in [-0.2, 0) is 13.0 Å². The van der Waals surface area contributed by atoms with E-state index >= 15 is 0 Å². The highest BCUT2D eigenvalue weighted by Crippen LogP contribution is 2.28. The Balaban J connectivity index is 1.89. The Hall–Kier alpha value is -2.35. The number of nitrogens with two attached hydrogens (primary N) is 1. The van der Waals surface area contributed by atoms with Crippen molar-refractivity contribution in [2.75, 3.05) is 5.73 Å². The van der Waals surface area contributed by atoms with E-state index in [0.29, 0.717) is 17.4 Å². The first-order chi connectivity index (χ1) is 8.76. The molecule has 3 rings (SSSR count). The Kier molecular flexibility index (Phi) is 2.49. The monoisotopic (exact) mass is 239 g/mol. The zero-order valence-electron chi connectivity index (χ0n) is 9.87. The fourth-order valence-electron chi connectivity index (χ4n) is 2.46. The van der Waals surface area contributed by atoms with Gasteiger partial charge < -0.3 is 5.73 Å². The van der Waals surface area contributed by atoms with Crippen molar-refractivity contribution in [2.45, 2.75) is 25.3 Å². The number of hydrogen-bond acceptors (Lipinski definition) is 4. The number of fused-ring (bicyclic) bond motifs is 1. The quantitative estimate of drug-likeness (QED) is 0.817. The van der Waals surface area contributed by atoms with Crippen LogP contribution in [0.25, 0.3) is 0 Å². The first-order valence-electron chi connectivity index (χ1n) is 5.95. The van der Waals surface area contributed by atoms with E-state index in [2.05, 4.69) is 22.2 Å². The van der Waals surface area contributed by atoms with Gasteiger partial charge in [-0.1, -0.05) is 12.1 Å². The molecule has 5 heteroatoms. The number of nitrogen functional groups attached to an aromatic ring is 1. The molecule has 1 unspecified atom stereocenters. The first kappa shape index (κ1) is 10.8. The Morgan fingerprint density at radius 3 is 3.17 bits per heavy atom. The van der Waals surface area contributed by atoms with Gasteiger partial charge >= 0.3 is 0 Å². The molecule has 2 N–H and O–H groups in total. The molecule has 90 valence electrons. The number of hydrogen-bond donors (Lipinski definition) is 1. The molecule has 2 heterocycles. The third kappa shape index (κ3) is 1.82. The second-order valence-electron chi connectivity index (χ2n) is 4.54.